The number of para-hydroxylation sites is 4. The highest BCUT2D eigenvalue weighted by molar-refractivity contribution is 6.10. The van der Waals surface area contributed by atoms with E-state index < -0.39 is 0 Å². The molecule has 0 atom stereocenters. The molecule has 0 saturated heterocycles. The standard InChI is InChI=1S/C60H43N3/c1-6-20-44(21-7-1)46-24-18-32-53(38-46)61(50-26-10-3-11-27-50)55-40-49(48-36-37-60-58(42-48)57-34-16-17-35-59(57)63(60)52-30-14-5-15-31-52)41-56(43-55)62(51-28-12-4-13-29-51)54-33-19-25-47(39-54)45-22-8-2-9-23-45/h1-43H. The third-order valence-corrected chi connectivity index (χ3v) is 11.9. The number of aromatic nitrogens is 1. The molecule has 0 aliphatic heterocycles. The summed E-state index contributed by atoms with van der Waals surface area (Å²) in [6.07, 6.45) is 0. The van der Waals surface area contributed by atoms with E-state index in [0.717, 1.165) is 62.1 Å². The third-order valence-electron chi connectivity index (χ3n) is 11.9. The van der Waals surface area contributed by atoms with Crippen LogP contribution in [0, 0.1) is 0 Å². The number of anilines is 6. The lowest BCUT2D eigenvalue weighted by Gasteiger charge is -2.30. The van der Waals surface area contributed by atoms with Crippen molar-refractivity contribution in [2.75, 3.05) is 9.80 Å². The van der Waals surface area contributed by atoms with Crippen LogP contribution in [0.25, 0.3) is 60.9 Å². The van der Waals surface area contributed by atoms with E-state index in [0.29, 0.717) is 0 Å². The van der Waals surface area contributed by atoms with Crippen LogP contribution in [0.1, 0.15) is 0 Å². The maximum Gasteiger partial charge on any atom is 0.0541 e. The fourth-order valence-corrected chi connectivity index (χ4v) is 8.99. The van der Waals surface area contributed by atoms with Crippen LogP contribution in [0.15, 0.2) is 261 Å². The van der Waals surface area contributed by atoms with Gasteiger partial charge in [-0.3, -0.25) is 0 Å². The smallest absolute Gasteiger partial charge is 0.0541 e. The second kappa shape index (κ2) is 16.6. The molecule has 63 heavy (non-hydrogen) atoms. The Morgan fingerprint density at radius 3 is 1.16 bits per heavy atom. The van der Waals surface area contributed by atoms with Gasteiger partial charge in [0.05, 0.1) is 11.0 Å². The zero-order valence-corrected chi connectivity index (χ0v) is 34.7. The summed E-state index contributed by atoms with van der Waals surface area (Å²) in [4.78, 5) is 4.78. The number of hydrogen-bond donors (Lipinski definition) is 0. The lowest BCUT2D eigenvalue weighted by molar-refractivity contribution is 1.18. The van der Waals surface area contributed by atoms with Crippen LogP contribution in [0.3, 0.4) is 0 Å². The Kier molecular flexibility index (Phi) is 9.89. The fourth-order valence-electron chi connectivity index (χ4n) is 8.99. The van der Waals surface area contributed by atoms with E-state index in [4.69, 9.17) is 0 Å². The van der Waals surface area contributed by atoms with Gasteiger partial charge in [0.2, 0.25) is 0 Å². The van der Waals surface area contributed by atoms with Crippen molar-refractivity contribution in [1.82, 2.24) is 4.57 Å². The summed E-state index contributed by atoms with van der Waals surface area (Å²) in [5.74, 6) is 0. The molecule has 0 amide bonds. The molecular formula is C60H43N3. The lowest BCUT2D eigenvalue weighted by atomic mass is 9.99. The molecule has 298 valence electrons. The van der Waals surface area contributed by atoms with Crippen molar-refractivity contribution in [1.29, 1.82) is 0 Å². The molecule has 0 aliphatic carbocycles. The summed E-state index contributed by atoms with van der Waals surface area (Å²) in [6.45, 7) is 0. The van der Waals surface area contributed by atoms with E-state index in [1.54, 1.807) is 0 Å². The maximum absolute atomic E-state index is 2.39. The molecule has 3 nitrogen and oxygen atoms in total. The molecule has 0 unspecified atom stereocenters. The van der Waals surface area contributed by atoms with Crippen molar-refractivity contribution in [3.63, 3.8) is 0 Å². The summed E-state index contributed by atoms with van der Waals surface area (Å²) in [6, 6.07) is 93.9. The van der Waals surface area contributed by atoms with E-state index in [9.17, 15) is 0 Å². The quantitative estimate of drug-likeness (QED) is 0.136. The normalized spacial score (nSPS) is 11.2. The SMILES string of the molecule is c1ccc(-c2cccc(N(c3ccccc3)c3cc(-c4ccc5c(c4)c4ccccc4n5-c4ccccc4)cc(N(c4ccccc4)c4cccc(-c5ccccc5)c4)c3)c2)cc1. The highest BCUT2D eigenvalue weighted by Crippen LogP contribution is 2.45. The average molecular weight is 806 g/mol. The van der Waals surface area contributed by atoms with E-state index in [1.807, 2.05) is 0 Å². The van der Waals surface area contributed by atoms with Crippen LogP contribution in [-0.2, 0) is 0 Å². The van der Waals surface area contributed by atoms with Gasteiger partial charge in [-0.2, -0.15) is 0 Å². The summed E-state index contributed by atoms with van der Waals surface area (Å²) in [5.41, 5.74) is 16.8. The molecule has 0 N–H and O–H groups in total. The summed E-state index contributed by atoms with van der Waals surface area (Å²) < 4.78 is 2.38. The Balaban J connectivity index is 1.16. The zero-order valence-electron chi connectivity index (χ0n) is 34.7. The van der Waals surface area contributed by atoms with Gasteiger partial charge in [-0.15, -0.1) is 0 Å². The first-order valence-corrected chi connectivity index (χ1v) is 21.5. The van der Waals surface area contributed by atoms with Crippen molar-refractivity contribution in [3.05, 3.63) is 261 Å². The topological polar surface area (TPSA) is 11.4 Å². The van der Waals surface area contributed by atoms with Crippen molar-refractivity contribution < 1.29 is 0 Å². The van der Waals surface area contributed by atoms with Crippen molar-refractivity contribution >= 4 is 55.9 Å². The number of hydrogen-bond acceptors (Lipinski definition) is 2. The minimum Gasteiger partial charge on any atom is -0.310 e. The third kappa shape index (κ3) is 7.32. The summed E-state index contributed by atoms with van der Waals surface area (Å²) >= 11 is 0. The van der Waals surface area contributed by atoms with E-state index >= 15 is 0 Å². The van der Waals surface area contributed by atoms with Gasteiger partial charge in [0.1, 0.15) is 0 Å². The minimum absolute atomic E-state index is 1.05. The van der Waals surface area contributed by atoms with Crippen molar-refractivity contribution in [2.24, 2.45) is 0 Å². The Hall–Kier alpha value is -8.40. The van der Waals surface area contributed by atoms with E-state index in [2.05, 4.69) is 275 Å². The van der Waals surface area contributed by atoms with Gasteiger partial charge in [0.15, 0.2) is 0 Å². The molecule has 11 rings (SSSR count). The van der Waals surface area contributed by atoms with Gasteiger partial charge in [-0.1, -0.05) is 164 Å². The van der Waals surface area contributed by atoms with Crippen LogP contribution < -0.4 is 9.80 Å². The zero-order chi connectivity index (χ0) is 42.0. The van der Waals surface area contributed by atoms with Crippen LogP contribution >= 0.6 is 0 Å². The van der Waals surface area contributed by atoms with Gasteiger partial charge in [-0.25, -0.2) is 0 Å². The average Bonchev–Trinajstić information content (AvgIpc) is 3.69. The molecule has 0 bridgehead atoms. The van der Waals surface area contributed by atoms with E-state index in [1.165, 1.54) is 32.9 Å². The predicted octanol–water partition coefficient (Wildman–Crippen LogP) is 16.7. The van der Waals surface area contributed by atoms with Crippen LogP contribution in [0.2, 0.25) is 0 Å². The van der Waals surface area contributed by atoms with Crippen molar-refractivity contribution in [2.45, 2.75) is 0 Å². The predicted molar refractivity (Wildman–Crippen MR) is 266 cm³/mol. The fraction of sp³-hybridized carbons (Fsp3) is 0. The first-order valence-electron chi connectivity index (χ1n) is 21.5. The molecule has 1 aromatic heterocycles. The highest BCUT2D eigenvalue weighted by atomic mass is 15.2. The minimum atomic E-state index is 1.05. The first-order chi connectivity index (χ1) is 31.2. The molecule has 0 fully saturated rings. The van der Waals surface area contributed by atoms with E-state index in [-0.39, 0.29) is 0 Å². The van der Waals surface area contributed by atoms with Gasteiger partial charge in [-0.05, 0) is 130 Å². The van der Waals surface area contributed by atoms with Gasteiger partial charge in [0, 0.05) is 50.6 Å². The number of nitrogens with zero attached hydrogens (tertiary/aromatic N) is 3. The Morgan fingerprint density at radius 2 is 0.619 bits per heavy atom. The van der Waals surface area contributed by atoms with Gasteiger partial charge < -0.3 is 14.4 Å². The molecule has 0 aliphatic rings. The van der Waals surface area contributed by atoms with Gasteiger partial charge >= 0.3 is 0 Å². The second-order valence-electron chi connectivity index (χ2n) is 15.8. The van der Waals surface area contributed by atoms with Crippen LogP contribution in [0.4, 0.5) is 34.1 Å². The second-order valence-corrected chi connectivity index (χ2v) is 15.8. The molecule has 3 heteroatoms. The van der Waals surface area contributed by atoms with Crippen LogP contribution in [0.5, 0.6) is 0 Å². The number of benzene rings is 10. The molecular weight excluding hydrogens is 763 g/mol. The molecule has 0 saturated carbocycles. The molecule has 0 spiro atoms. The Labute approximate surface area is 368 Å². The highest BCUT2D eigenvalue weighted by Gasteiger charge is 2.21. The first kappa shape index (κ1) is 37.6. The Bertz CT molecular complexity index is 3180. The summed E-state index contributed by atoms with van der Waals surface area (Å²) in [7, 11) is 0. The largest absolute Gasteiger partial charge is 0.310 e. The maximum atomic E-state index is 2.39. The Morgan fingerprint density at radius 1 is 0.222 bits per heavy atom. The van der Waals surface area contributed by atoms with Gasteiger partial charge in [0.25, 0.3) is 0 Å². The number of fused-ring (bicyclic) bond motifs is 3. The molecule has 0 radical (unpaired) electrons. The number of rotatable bonds is 10. The lowest BCUT2D eigenvalue weighted by Crippen LogP contribution is -2.13. The molecule has 10 aromatic carbocycles. The summed E-state index contributed by atoms with van der Waals surface area (Å²) in [5, 5.41) is 2.44. The monoisotopic (exact) mass is 805 g/mol. The van der Waals surface area contributed by atoms with Crippen LogP contribution in [-0.4, -0.2) is 4.57 Å². The molecule has 11 aromatic rings. The molecule has 1 heterocycles. The van der Waals surface area contributed by atoms with Crippen molar-refractivity contribution in [3.8, 4) is 39.1 Å².